The number of rotatable bonds is 2. The monoisotopic (exact) mass is 206 g/mol. The van der Waals surface area contributed by atoms with Gasteiger partial charge in [-0.05, 0) is 19.1 Å². The van der Waals surface area contributed by atoms with Crippen molar-refractivity contribution in [2.24, 2.45) is 0 Å². The highest BCUT2D eigenvalue weighted by Gasteiger charge is 2.12. The fourth-order valence-electron chi connectivity index (χ4n) is 1.21. The third kappa shape index (κ3) is 2.06. The van der Waals surface area contributed by atoms with Gasteiger partial charge >= 0.3 is 0 Å². The molecule has 0 N–H and O–H groups in total. The predicted octanol–water partition coefficient (Wildman–Crippen LogP) is 2.43. The molecule has 0 aliphatic carbocycles. The van der Waals surface area contributed by atoms with E-state index in [1.165, 1.54) is 4.90 Å². The lowest BCUT2D eigenvalue weighted by atomic mass is 10.2. The van der Waals surface area contributed by atoms with E-state index >= 15 is 0 Å². The van der Waals surface area contributed by atoms with Gasteiger partial charge in [-0.3, -0.25) is 4.79 Å². The van der Waals surface area contributed by atoms with Gasteiger partial charge in [0.1, 0.15) is 6.07 Å². The molecule has 4 heteroatoms. The summed E-state index contributed by atoms with van der Waals surface area (Å²) >= 11 is 3.75. The molecule has 3 nitrogen and oxygen atoms in total. The summed E-state index contributed by atoms with van der Waals surface area (Å²) in [6.45, 7) is 2.34. The number of anilines is 1. The number of thiol groups is 1. The Bertz CT molecular complexity index is 384. The van der Waals surface area contributed by atoms with Crippen LogP contribution in [0.1, 0.15) is 12.5 Å². The van der Waals surface area contributed by atoms with Crippen LogP contribution < -0.4 is 4.90 Å². The molecule has 0 radical (unpaired) electrons. The van der Waals surface area contributed by atoms with Crippen molar-refractivity contribution in [2.45, 2.75) is 6.92 Å². The molecule has 1 aromatic rings. The predicted molar refractivity (Wildman–Crippen MR) is 58.6 cm³/mol. The average molecular weight is 206 g/mol. The van der Waals surface area contributed by atoms with E-state index in [1.807, 2.05) is 13.0 Å². The number of hydrogen-bond acceptors (Lipinski definition) is 2. The van der Waals surface area contributed by atoms with Crippen LogP contribution in [0.15, 0.2) is 24.3 Å². The lowest BCUT2D eigenvalue weighted by Crippen LogP contribution is -2.25. The molecule has 0 aliphatic heterocycles. The van der Waals surface area contributed by atoms with Gasteiger partial charge in [0.05, 0.1) is 11.3 Å². The quantitative estimate of drug-likeness (QED) is 0.755. The average Bonchev–Trinajstić information content (AvgIpc) is 2.19. The first-order valence-corrected chi connectivity index (χ1v) is 4.65. The summed E-state index contributed by atoms with van der Waals surface area (Å²) in [5.74, 6) is 0. The van der Waals surface area contributed by atoms with Gasteiger partial charge < -0.3 is 4.90 Å². The molecule has 0 aliphatic rings. The molecule has 0 fully saturated rings. The molecule has 0 heterocycles. The topological polar surface area (TPSA) is 44.1 Å². The van der Waals surface area contributed by atoms with Gasteiger partial charge in [-0.25, -0.2) is 0 Å². The highest BCUT2D eigenvalue weighted by Crippen LogP contribution is 2.20. The van der Waals surface area contributed by atoms with Crippen LogP contribution in [0.5, 0.6) is 0 Å². The Kier molecular flexibility index (Phi) is 3.55. The first kappa shape index (κ1) is 10.6. The van der Waals surface area contributed by atoms with Gasteiger partial charge in [-0.1, -0.05) is 24.8 Å². The van der Waals surface area contributed by atoms with E-state index in [-0.39, 0.29) is 5.24 Å². The van der Waals surface area contributed by atoms with E-state index in [9.17, 15) is 4.79 Å². The molecular weight excluding hydrogens is 196 g/mol. The van der Waals surface area contributed by atoms with Crippen molar-refractivity contribution >= 4 is 23.6 Å². The van der Waals surface area contributed by atoms with E-state index in [0.29, 0.717) is 17.8 Å². The molecule has 1 amide bonds. The van der Waals surface area contributed by atoms with E-state index in [2.05, 4.69) is 12.6 Å². The summed E-state index contributed by atoms with van der Waals surface area (Å²) in [5.41, 5.74) is 1.09. The molecular formula is C10H10N2OS. The van der Waals surface area contributed by atoms with Crippen molar-refractivity contribution < 1.29 is 4.79 Å². The van der Waals surface area contributed by atoms with Crippen LogP contribution >= 0.6 is 12.6 Å². The van der Waals surface area contributed by atoms with Gasteiger partial charge in [-0.2, -0.15) is 5.26 Å². The van der Waals surface area contributed by atoms with E-state index < -0.39 is 0 Å². The van der Waals surface area contributed by atoms with Crippen LogP contribution in [0.25, 0.3) is 0 Å². The van der Waals surface area contributed by atoms with Crippen LogP contribution in [0, 0.1) is 11.3 Å². The smallest absolute Gasteiger partial charge is 0.283 e. The number of amides is 1. The van der Waals surface area contributed by atoms with Crippen LogP contribution in [0.2, 0.25) is 0 Å². The molecule has 1 aromatic carbocycles. The Labute approximate surface area is 88.4 Å². The Hall–Kier alpha value is -1.47. The summed E-state index contributed by atoms with van der Waals surface area (Å²) in [6.07, 6.45) is 0. The highest BCUT2D eigenvalue weighted by atomic mass is 32.1. The van der Waals surface area contributed by atoms with Crippen molar-refractivity contribution in [3.05, 3.63) is 29.8 Å². The fourth-order valence-corrected chi connectivity index (χ4v) is 1.46. The second kappa shape index (κ2) is 4.68. The Morgan fingerprint density at radius 1 is 1.57 bits per heavy atom. The minimum Gasteiger partial charge on any atom is -0.302 e. The Morgan fingerprint density at radius 2 is 2.21 bits per heavy atom. The molecule has 0 atom stereocenters. The molecule has 0 saturated heterocycles. The van der Waals surface area contributed by atoms with E-state index in [0.717, 1.165) is 0 Å². The minimum atomic E-state index is -0.352. The SMILES string of the molecule is CCN(C(=O)S)c1ccccc1C#N. The number of para-hydroxylation sites is 1. The molecule has 1 rings (SSSR count). The fraction of sp³-hybridized carbons (Fsp3) is 0.200. The maximum atomic E-state index is 11.1. The van der Waals surface area contributed by atoms with Crippen LogP contribution in [-0.2, 0) is 0 Å². The van der Waals surface area contributed by atoms with Crippen LogP contribution in [-0.4, -0.2) is 11.8 Å². The Balaban J connectivity index is 3.17. The van der Waals surface area contributed by atoms with E-state index in [4.69, 9.17) is 5.26 Å². The van der Waals surface area contributed by atoms with Crippen molar-refractivity contribution in [2.75, 3.05) is 11.4 Å². The van der Waals surface area contributed by atoms with Crippen molar-refractivity contribution in [1.82, 2.24) is 0 Å². The first-order chi connectivity index (χ1) is 6.70. The zero-order valence-corrected chi connectivity index (χ0v) is 8.66. The highest BCUT2D eigenvalue weighted by molar-refractivity contribution is 7.96. The number of nitrogens with zero attached hydrogens (tertiary/aromatic N) is 2. The number of hydrogen-bond donors (Lipinski definition) is 1. The van der Waals surface area contributed by atoms with E-state index in [1.54, 1.807) is 24.3 Å². The molecule has 0 spiro atoms. The second-order valence-corrected chi connectivity index (χ2v) is 3.04. The van der Waals surface area contributed by atoms with Crippen molar-refractivity contribution in [3.8, 4) is 6.07 Å². The minimum absolute atomic E-state index is 0.352. The number of carbonyl (C=O) groups is 1. The maximum Gasteiger partial charge on any atom is 0.283 e. The summed E-state index contributed by atoms with van der Waals surface area (Å²) in [5, 5.41) is 8.48. The van der Waals surface area contributed by atoms with Gasteiger partial charge in [0.2, 0.25) is 0 Å². The number of benzene rings is 1. The first-order valence-electron chi connectivity index (χ1n) is 4.20. The number of nitriles is 1. The van der Waals surface area contributed by atoms with Crippen molar-refractivity contribution in [3.63, 3.8) is 0 Å². The zero-order valence-electron chi connectivity index (χ0n) is 7.77. The summed E-state index contributed by atoms with van der Waals surface area (Å²) < 4.78 is 0. The number of carbonyl (C=O) groups excluding carboxylic acids is 1. The largest absolute Gasteiger partial charge is 0.302 e. The van der Waals surface area contributed by atoms with Gasteiger partial charge in [-0.15, -0.1) is 0 Å². The Morgan fingerprint density at radius 3 is 2.71 bits per heavy atom. The van der Waals surface area contributed by atoms with Crippen LogP contribution in [0.3, 0.4) is 0 Å². The molecule has 0 bridgehead atoms. The second-order valence-electron chi connectivity index (χ2n) is 2.66. The third-order valence-electron chi connectivity index (χ3n) is 1.86. The summed E-state index contributed by atoms with van der Waals surface area (Å²) in [7, 11) is 0. The lowest BCUT2D eigenvalue weighted by Gasteiger charge is -2.18. The molecule has 14 heavy (non-hydrogen) atoms. The standard InChI is InChI=1S/C10H10N2OS/c1-2-12(10(13)14)9-6-4-3-5-8(9)7-11/h3-6H,2H2,1H3,(H,13,14). The van der Waals surface area contributed by atoms with Crippen LogP contribution in [0.4, 0.5) is 10.5 Å². The molecule has 72 valence electrons. The van der Waals surface area contributed by atoms with Gasteiger partial charge in [0.25, 0.3) is 5.24 Å². The zero-order chi connectivity index (χ0) is 10.6. The maximum absolute atomic E-state index is 11.1. The van der Waals surface area contributed by atoms with Crippen molar-refractivity contribution in [1.29, 1.82) is 5.26 Å². The normalized spacial score (nSPS) is 9.21. The molecule has 0 unspecified atom stereocenters. The van der Waals surface area contributed by atoms with Gasteiger partial charge in [0, 0.05) is 6.54 Å². The summed E-state index contributed by atoms with van der Waals surface area (Å²) in [6, 6.07) is 9.00. The summed E-state index contributed by atoms with van der Waals surface area (Å²) in [4.78, 5) is 12.6. The molecule has 0 aromatic heterocycles. The lowest BCUT2D eigenvalue weighted by molar-refractivity contribution is 0.265. The molecule has 0 saturated carbocycles. The third-order valence-corrected chi connectivity index (χ3v) is 2.10. The van der Waals surface area contributed by atoms with Gasteiger partial charge in [0.15, 0.2) is 0 Å².